The van der Waals surface area contributed by atoms with E-state index >= 15 is 0 Å². The van der Waals surface area contributed by atoms with Crippen LogP contribution < -0.4 is 19.5 Å². The maximum Gasteiger partial charge on any atom is 0.244 e. The molecule has 6 nitrogen and oxygen atoms in total. The average molecular weight is 375 g/mol. The number of hydrogen-bond acceptors (Lipinski definition) is 4. The Labute approximate surface area is 156 Å². The van der Waals surface area contributed by atoms with Crippen molar-refractivity contribution >= 4 is 34.1 Å². The van der Waals surface area contributed by atoms with Crippen LogP contribution in [0, 0.1) is 0 Å². The predicted octanol–water partition coefficient (Wildman–Crippen LogP) is 3.96. The molecule has 1 aromatic heterocycles. The van der Waals surface area contributed by atoms with Gasteiger partial charge in [0.1, 0.15) is 23.8 Å². The summed E-state index contributed by atoms with van der Waals surface area (Å²) < 4.78 is 17.6. The number of halogens is 1. The highest BCUT2D eigenvalue weighted by atomic mass is 35.5. The molecule has 1 N–H and O–H groups in total. The molecule has 0 unspecified atom stereocenters. The van der Waals surface area contributed by atoms with Crippen molar-refractivity contribution in [2.45, 2.75) is 6.54 Å². The van der Waals surface area contributed by atoms with E-state index < -0.39 is 0 Å². The molecule has 1 amide bonds. The quantitative estimate of drug-likeness (QED) is 0.709. The molecule has 1 heterocycles. The Morgan fingerprint density at radius 3 is 2.46 bits per heavy atom. The number of anilines is 1. The van der Waals surface area contributed by atoms with Crippen molar-refractivity contribution in [2.75, 3.05) is 26.6 Å². The number of ether oxygens (including phenoxy) is 3. The Morgan fingerprint density at radius 1 is 1.04 bits per heavy atom. The van der Waals surface area contributed by atoms with Gasteiger partial charge >= 0.3 is 0 Å². The summed E-state index contributed by atoms with van der Waals surface area (Å²) >= 11 is 6.09. The first-order valence-corrected chi connectivity index (χ1v) is 8.27. The molecule has 0 aliphatic carbocycles. The van der Waals surface area contributed by atoms with Crippen LogP contribution in [0.1, 0.15) is 0 Å². The molecule has 3 aromatic rings. The zero-order valence-corrected chi connectivity index (χ0v) is 15.5. The number of carbonyl (C=O) groups is 1. The summed E-state index contributed by atoms with van der Waals surface area (Å²) in [5.74, 6) is 1.74. The maximum atomic E-state index is 12.4. The standard InChI is InChI=1S/C19H19ClN2O4/c1-24-13-9-16-14(18(10-13)26-3)6-7-22(16)11-19(23)21-12-4-5-17(25-2)15(20)8-12/h4-10H,11H2,1-3H3,(H,21,23). The highest BCUT2D eigenvalue weighted by Crippen LogP contribution is 2.32. The number of amides is 1. The molecular formula is C19H19ClN2O4. The van der Waals surface area contributed by atoms with Crippen LogP contribution in [0.3, 0.4) is 0 Å². The minimum atomic E-state index is -0.175. The van der Waals surface area contributed by atoms with Crippen molar-refractivity contribution in [1.29, 1.82) is 0 Å². The number of fused-ring (bicyclic) bond motifs is 1. The first-order valence-electron chi connectivity index (χ1n) is 7.90. The molecule has 0 aliphatic heterocycles. The van der Waals surface area contributed by atoms with Gasteiger partial charge in [-0.05, 0) is 24.3 Å². The lowest BCUT2D eigenvalue weighted by Crippen LogP contribution is -2.18. The van der Waals surface area contributed by atoms with Crippen LogP contribution in [0.4, 0.5) is 5.69 Å². The SMILES string of the molecule is COc1cc(OC)c2ccn(CC(=O)Nc3ccc(OC)c(Cl)c3)c2c1. The lowest BCUT2D eigenvalue weighted by atomic mass is 10.2. The Hall–Kier alpha value is -2.86. The van der Waals surface area contributed by atoms with Crippen molar-refractivity contribution in [3.63, 3.8) is 0 Å². The van der Waals surface area contributed by atoms with Gasteiger partial charge in [0.15, 0.2) is 0 Å². The van der Waals surface area contributed by atoms with Gasteiger partial charge < -0.3 is 24.1 Å². The molecule has 0 bridgehead atoms. The monoisotopic (exact) mass is 374 g/mol. The van der Waals surface area contributed by atoms with Crippen LogP contribution in [0.5, 0.6) is 17.2 Å². The van der Waals surface area contributed by atoms with Crippen LogP contribution in [0.2, 0.25) is 5.02 Å². The maximum absolute atomic E-state index is 12.4. The van der Waals surface area contributed by atoms with Crippen LogP contribution in [0.15, 0.2) is 42.6 Å². The lowest BCUT2D eigenvalue weighted by molar-refractivity contribution is -0.116. The Morgan fingerprint density at radius 2 is 1.81 bits per heavy atom. The molecule has 3 rings (SSSR count). The van der Waals surface area contributed by atoms with Crippen molar-refractivity contribution in [3.8, 4) is 17.2 Å². The molecule has 26 heavy (non-hydrogen) atoms. The van der Waals surface area contributed by atoms with E-state index in [9.17, 15) is 4.79 Å². The van der Waals surface area contributed by atoms with Crippen molar-refractivity contribution in [2.24, 2.45) is 0 Å². The number of nitrogens with one attached hydrogen (secondary N) is 1. The molecule has 0 aliphatic rings. The first kappa shape index (κ1) is 17.9. The number of benzene rings is 2. The highest BCUT2D eigenvalue weighted by molar-refractivity contribution is 6.32. The van der Waals surface area contributed by atoms with Crippen LogP contribution in [-0.4, -0.2) is 31.8 Å². The third kappa shape index (κ3) is 3.55. The van der Waals surface area contributed by atoms with Gasteiger partial charge in [0.2, 0.25) is 5.91 Å². The number of aromatic nitrogens is 1. The molecule has 0 fully saturated rings. The fourth-order valence-electron chi connectivity index (χ4n) is 2.76. The molecule has 0 saturated heterocycles. The Kier molecular flexibility index (Phi) is 5.23. The van der Waals surface area contributed by atoms with Crippen molar-refractivity contribution in [3.05, 3.63) is 47.6 Å². The van der Waals surface area contributed by atoms with E-state index in [4.69, 9.17) is 25.8 Å². The van der Waals surface area contributed by atoms with Crippen LogP contribution in [0.25, 0.3) is 10.9 Å². The molecule has 7 heteroatoms. The second-order valence-corrected chi connectivity index (χ2v) is 6.01. The summed E-state index contributed by atoms with van der Waals surface area (Å²) in [4.78, 5) is 12.4. The van der Waals surface area contributed by atoms with E-state index in [0.717, 1.165) is 10.9 Å². The van der Waals surface area contributed by atoms with Crippen LogP contribution in [-0.2, 0) is 11.3 Å². The topological polar surface area (TPSA) is 61.7 Å². The van der Waals surface area contributed by atoms with E-state index in [-0.39, 0.29) is 12.5 Å². The molecule has 0 radical (unpaired) electrons. The number of hydrogen-bond donors (Lipinski definition) is 1. The lowest BCUT2D eigenvalue weighted by Gasteiger charge is -2.11. The zero-order chi connectivity index (χ0) is 18.7. The van der Waals surface area contributed by atoms with E-state index in [0.29, 0.717) is 28.0 Å². The Balaban J connectivity index is 1.82. The molecule has 0 spiro atoms. The molecule has 136 valence electrons. The molecular weight excluding hydrogens is 356 g/mol. The van der Waals surface area contributed by atoms with Gasteiger partial charge in [-0.2, -0.15) is 0 Å². The zero-order valence-electron chi connectivity index (χ0n) is 14.7. The third-order valence-electron chi connectivity index (χ3n) is 4.03. The fraction of sp³-hybridized carbons (Fsp3) is 0.211. The first-order chi connectivity index (χ1) is 12.5. The molecule has 0 saturated carbocycles. The number of methoxy groups -OCH3 is 3. The van der Waals surface area contributed by atoms with Gasteiger partial charge in [0, 0.05) is 29.4 Å². The predicted molar refractivity (Wildman–Crippen MR) is 102 cm³/mol. The number of carbonyl (C=O) groups excluding carboxylic acids is 1. The summed E-state index contributed by atoms with van der Waals surface area (Å²) in [5.41, 5.74) is 1.46. The van der Waals surface area contributed by atoms with Gasteiger partial charge in [-0.15, -0.1) is 0 Å². The normalized spacial score (nSPS) is 10.6. The number of rotatable bonds is 6. The van der Waals surface area contributed by atoms with Crippen LogP contribution >= 0.6 is 11.6 Å². The van der Waals surface area contributed by atoms with Gasteiger partial charge in [0.05, 0.1) is 31.9 Å². The summed E-state index contributed by atoms with van der Waals surface area (Å²) in [5, 5.41) is 4.18. The summed E-state index contributed by atoms with van der Waals surface area (Å²) in [6, 6.07) is 10.7. The minimum Gasteiger partial charge on any atom is -0.497 e. The molecule has 2 aromatic carbocycles. The van der Waals surface area contributed by atoms with Gasteiger partial charge in [-0.1, -0.05) is 11.6 Å². The summed E-state index contributed by atoms with van der Waals surface area (Å²) in [6.07, 6.45) is 1.84. The smallest absolute Gasteiger partial charge is 0.244 e. The number of nitrogens with zero attached hydrogens (tertiary/aromatic N) is 1. The average Bonchev–Trinajstić information content (AvgIpc) is 3.03. The van der Waals surface area contributed by atoms with Gasteiger partial charge in [-0.25, -0.2) is 0 Å². The van der Waals surface area contributed by atoms with E-state index in [1.807, 2.05) is 29.0 Å². The molecule has 0 atom stereocenters. The summed E-state index contributed by atoms with van der Waals surface area (Å²) in [7, 11) is 4.73. The van der Waals surface area contributed by atoms with Gasteiger partial charge in [-0.3, -0.25) is 4.79 Å². The van der Waals surface area contributed by atoms with Crippen molar-refractivity contribution in [1.82, 2.24) is 4.57 Å². The van der Waals surface area contributed by atoms with E-state index in [2.05, 4.69) is 5.32 Å². The second kappa shape index (κ2) is 7.58. The summed E-state index contributed by atoms with van der Waals surface area (Å²) in [6.45, 7) is 0.142. The largest absolute Gasteiger partial charge is 0.497 e. The third-order valence-corrected chi connectivity index (χ3v) is 4.32. The second-order valence-electron chi connectivity index (χ2n) is 5.60. The van der Waals surface area contributed by atoms with Crippen molar-refractivity contribution < 1.29 is 19.0 Å². The van der Waals surface area contributed by atoms with E-state index in [1.54, 1.807) is 39.5 Å². The van der Waals surface area contributed by atoms with Gasteiger partial charge in [0.25, 0.3) is 0 Å². The van der Waals surface area contributed by atoms with E-state index in [1.165, 1.54) is 0 Å². The minimum absolute atomic E-state index is 0.142. The Bertz CT molecular complexity index is 952. The highest BCUT2D eigenvalue weighted by Gasteiger charge is 2.12. The fourth-order valence-corrected chi connectivity index (χ4v) is 3.02.